The molecule has 1 aliphatic carbocycles. The number of aliphatic hydroxyl groups excluding tert-OH is 6. The standard InChI is InChI=1S/C20H32O11/c21-7-12-14(24)16(26)18-20(30-12)28-4-3-8-5-9(6-8)10(22)1-2-11-13(23)15(25)17(27)19(29-11)31-18/h8-9,11-21,23-27H,1-7H2. The predicted octanol–water partition coefficient (Wildman–Crippen LogP) is -2.59. The molecular weight excluding hydrogens is 416 g/mol. The van der Waals surface area contributed by atoms with Gasteiger partial charge in [-0.2, -0.15) is 0 Å². The lowest BCUT2D eigenvalue weighted by atomic mass is 9.70. The molecule has 10 unspecified atom stereocenters. The van der Waals surface area contributed by atoms with Crippen molar-refractivity contribution in [1.29, 1.82) is 0 Å². The van der Waals surface area contributed by atoms with Gasteiger partial charge in [-0.15, -0.1) is 0 Å². The molecule has 11 nitrogen and oxygen atoms in total. The van der Waals surface area contributed by atoms with Crippen molar-refractivity contribution in [2.75, 3.05) is 13.2 Å². The third-order valence-corrected chi connectivity index (χ3v) is 6.96. The first-order chi connectivity index (χ1) is 14.8. The lowest BCUT2D eigenvalue weighted by molar-refractivity contribution is -0.366. The zero-order valence-electron chi connectivity index (χ0n) is 17.1. The zero-order valence-corrected chi connectivity index (χ0v) is 17.1. The first kappa shape index (κ1) is 23.4. The summed E-state index contributed by atoms with van der Waals surface area (Å²) in [4.78, 5) is 12.4. The van der Waals surface area contributed by atoms with Crippen molar-refractivity contribution in [2.45, 2.75) is 93.5 Å². The van der Waals surface area contributed by atoms with Gasteiger partial charge in [0.1, 0.15) is 48.5 Å². The van der Waals surface area contributed by atoms with E-state index in [0.29, 0.717) is 12.3 Å². The Balaban J connectivity index is 1.56. The van der Waals surface area contributed by atoms with Crippen LogP contribution in [0, 0.1) is 11.8 Å². The first-order valence-electron chi connectivity index (χ1n) is 10.9. The fourth-order valence-corrected chi connectivity index (χ4v) is 4.83. The molecule has 0 spiro atoms. The third-order valence-electron chi connectivity index (χ3n) is 6.96. The van der Waals surface area contributed by atoms with Gasteiger partial charge in [-0.3, -0.25) is 4.79 Å². The summed E-state index contributed by atoms with van der Waals surface area (Å²) in [6, 6.07) is 0. The minimum atomic E-state index is -1.65. The van der Waals surface area contributed by atoms with Gasteiger partial charge in [0.25, 0.3) is 0 Å². The van der Waals surface area contributed by atoms with Crippen LogP contribution in [0.1, 0.15) is 32.1 Å². The van der Waals surface area contributed by atoms with E-state index in [0.717, 1.165) is 12.8 Å². The van der Waals surface area contributed by atoms with Gasteiger partial charge in [-0.05, 0) is 31.6 Å². The molecule has 0 radical (unpaired) electrons. The van der Waals surface area contributed by atoms with E-state index in [2.05, 4.69) is 0 Å². The van der Waals surface area contributed by atoms with Gasteiger partial charge < -0.3 is 49.6 Å². The average molecular weight is 448 g/mol. The van der Waals surface area contributed by atoms with Crippen LogP contribution in [0.4, 0.5) is 0 Å². The molecule has 31 heavy (non-hydrogen) atoms. The molecule has 0 amide bonds. The molecule has 178 valence electrons. The van der Waals surface area contributed by atoms with Gasteiger partial charge >= 0.3 is 0 Å². The average Bonchev–Trinajstić information content (AvgIpc) is 2.73. The maximum Gasteiger partial charge on any atom is 0.187 e. The molecule has 11 heteroatoms. The highest BCUT2D eigenvalue weighted by atomic mass is 16.8. The molecule has 5 rings (SSSR count). The Labute approximate surface area is 179 Å². The number of carbonyl (C=O) groups is 1. The first-order valence-corrected chi connectivity index (χ1v) is 10.9. The Morgan fingerprint density at radius 3 is 2.26 bits per heavy atom. The van der Waals surface area contributed by atoms with E-state index in [9.17, 15) is 35.4 Å². The van der Waals surface area contributed by atoms with E-state index in [1.54, 1.807) is 0 Å². The Kier molecular flexibility index (Phi) is 7.28. The van der Waals surface area contributed by atoms with Crippen LogP contribution in [0.5, 0.6) is 0 Å². The molecule has 1 saturated carbocycles. The maximum absolute atomic E-state index is 12.4. The van der Waals surface area contributed by atoms with Crippen LogP contribution in [0.15, 0.2) is 0 Å². The van der Waals surface area contributed by atoms with E-state index >= 15 is 0 Å². The van der Waals surface area contributed by atoms with Crippen molar-refractivity contribution in [3.8, 4) is 0 Å². The number of ketones is 1. The summed E-state index contributed by atoms with van der Waals surface area (Å²) in [5.41, 5.74) is 0. The molecular formula is C20H32O11. The van der Waals surface area contributed by atoms with Crippen molar-refractivity contribution in [2.24, 2.45) is 11.8 Å². The lowest BCUT2D eigenvalue weighted by Crippen LogP contribution is -2.64. The van der Waals surface area contributed by atoms with Crippen LogP contribution < -0.4 is 0 Å². The second kappa shape index (κ2) is 9.64. The third kappa shape index (κ3) is 4.67. The quantitative estimate of drug-likeness (QED) is 0.248. The Morgan fingerprint density at radius 2 is 1.55 bits per heavy atom. The lowest BCUT2D eigenvalue weighted by Gasteiger charge is -2.46. The fraction of sp³-hybridized carbons (Fsp3) is 0.950. The van der Waals surface area contributed by atoms with Gasteiger partial charge in [0, 0.05) is 12.3 Å². The molecule has 5 aliphatic rings. The predicted molar refractivity (Wildman–Crippen MR) is 100 cm³/mol. The Bertz CT molecular complexity index is 626. The molecule has 4 saturated heterocycles. The van der Waals surface area contributed by atoms with Gasteiger partial charge in [-0.25, -0.2) is 0 Å². The van der Waals surface area contributed by atoms with E-state index in [-0.39, 0.29) is 31.1 Å². The highest BCUT2D eigenvalue weighted by Crippen LogP contribution is 2.39. The number of carbonyl (C=O) groups excluding carboxylic acids is 1. The summed E-state index contributed by atoms with van der Waals surface area (Å²) < 4.78 is 22.7. The number of Topliss-reactive ketones (excluding diaryl/α,β-unsaturated/α-hetero) is 1. The number of ether oxygens (including phenoxy) is 4. The molecule has 4 heterocycles. The van der Waals surface area contributed by atoms with Crippen molar-refractivity contribution in [1.82, 2.24) is 0 Å². The van der Waals surface area contributed by atoms with E-state index in [1.165, 1.54) is 0 Å². The second-order valence-electron chi connectivity index (χ2n) is 9.02. The summed E-state index contributed by atoms with van der Waals surface area (Å²) >= 11 is 0. The largest absolute Gasteiger partial charge is 0.394 e. The number of fused-ring (bicyclic) bond motifs is 4. The van der Waals surface area contributed by atoms with Crippen LogP contribution in [0.2, 0.25) is 0 Å². The van der Waals surface area contributed by atoms with Crippen molar-refractivity contribution in [3.05, 3.63) is 0 Å². The monoisotopic (exact) mass is 448 g/mol. The summed E-state index contributed by atoms with van der Waals surface area (Å²) in [7, 11) is 0. The van der Waals surface area contributed by atoms with Gasteiger partial charge in [0.2, 0.25) is 0 Å². The molecule has 4 aliphatic heterocycles. The summed E-state index contributed by atoms with van der Waals surface area (Å²) in [5, 5.41) is 61.2. The zero-order chi connectivity index (χ0) is 22.3. The molecule has 5 fully saturated rings. The van der Waals surface area contributed by atoms with Crippen LogP contribution in [-0.4, -0.2) is 111 Å². The molecule has 10 atom stereocenters. The summed E-state index contributed by atoms with van der Waals surface area (Å²) in [6.07, 6.45) is -11.2. The molecule has 0 aromatic rings. The molecule has 0 aromatic heterocycles. The van der Waals surface area contributed by atoms with E-state index < -0.39 is 68.0 Å². The number of aliphatic hydroxyl groups is 6. The van der Waals surface area contributed by atoms with Crippen LogP contribution in [0.25, 0.3) is 0 Å². The smallest absolute Gasteiger partial charge is 0.187 e. The highest BCUT2D eigenvalue weighted by Gasteiger charge is 2.51. The minimum absolute atomic E-state index is 0.0483. The number of hydrogen-bond donors (Lipinski definition) is 6. The fourth-order valence-electron chi connectivity index (χ4n) is 4.83. The normalized spacial score (nSPS) is 51.7. The van der Waals surface area contributed by atoms with Crippen LogP contribution in [0.3, 0.4) is 0 Å². The minimum Gasteiger partial charge on any atom is -0.394 e. The Hall–Kier alpha value is -0.730. The molecule has 6 N–H and O–H groups in total. The highest BCUT2D eigenvalue weighted by molar-refractivity contribution is 5.81. The summed E-state index contributed by atoms with van der Waals surface area (Å²) in [5.74, 6) is 0.339. The van der Waals surface area contributed by atoms with Crippen molar-refractivity contribution >= 4 is 5.78 Å². The summed E-state index contributed by atoms with van der Waals surface area (Å²) in [6.45, 7) is -0.304. The van der Waals surface area contributed by atoms with Crippen molar-refractivity contribution in [3.63, 3.8) is 0 Å². The van der Waals surface area contributed by atoms with Gasteiger partial charge in [0.15, 0.2) is 12.6 Å². The van der Waals surface area contributed by atoms with E-state index in [1.807, 2.05) is 0 Å². The van der Waals surface area contributed by atoms with Gasteiger partial charge in [0.05, 0.1) is 19.3 Å². The maximum atomic E-state index is 12.4. The van der Waals surface area contributed by atoms with Gasteiger partial charge in [-0.1, -0.05) is 0 Å². The number of rotatable bonds is 1. The SMILES string of the molecule is O=C1CCC2OC(OC3C(OCCC4CC1C4)OC(CO)C(O)C3O)C(O)C(O)C2O. The van der Waals surface area contributed by atoms with Crippen LogP contribution in [-0.2, 0) is 23.7 Å². The van der Waals surface area contributed by atoms with Crippen molar-refractivity contribution < 1.29 is 54.4 Å². The topological polar surface area (TPSA) is 175 Å². The number of hydrogen-bond acceptors (Lipinski definition) is 11. The second-order valence-corrected chi connectivity index (χ2v) is 9.02. The molecule has 4 bridgehead atoms. The van der Waals surface area contributed by atoms with E-state index in [4.69, 9.17) is 18.9 Å². The Morgan fingerprint density at radius 1 is 0.806 bits per heavy atom. The molecule has 0 aromatic carbocycles. The van der Waals surface area contributed by atoms with Crippen LogP contribution >= 0.6 is 0 Å².